The van der Waals surface area contributed by atoms with Crippen molar-refractivity contribution < 1.29 is 32.9 Å². The third kappa shape index (κ3) is 4.72. The Labute approximate surface area is 227 Å². The molecular formula is C27H34BN5O6. The van der Waals surface area contributed by atoms with Crippen LogP contribution in [0.2, 0.25) is 5.82 Å². The van der Waals surface area contributed by atoms with Crippen molar-refractivity contribution in [3.8, 4) is 0 Å². The van der Waals surface area contributed by atoms with Crippen LogP contribution in [0.25, 0.3) is 0 Å². The van der Waals surface area contributed by atoms with Gasteiger partial charge in [0.2, 0.25) is 0 Å². The van der Waals surface area contributed by atoms with E-state index >= 15 is 0 Å². The number of likely N-dealkylation sites (N-methyl/N-ethyl adjacent to an activating group) is 1. The van der Waals surface area contributed by atoms with Crippen molar-refractivity contribution in [1.29, 1.82) is 0 Å². The maximum atomic E-state index is 14.0. The Morgan fingerprint density at radius 1 is 1.10 bits per heavy atom. The van der Waals surface area contributed by atoms with Crippen LogP contribution < -0.4 is 10.6 Å². The number of piperazine rings is 1. The van der Waals surface area contributed by atoms with E-state index in [1.807, 2.05) is 51.2 Å². The van der Waals surface area contributed by atoms with Gasteiger partial charge in [0, 0.05) is 19.4 Å². The number of ketones is 1. The Hall–Kier alpha value is -3.64. The zero-order chi connectivity index (χ0) is 27.8. The minimum absolute atomic E-state index is 0.0301. The van der Waals surface area contributed by atoms with E-state index < -0.39 is 48.5 Å². The van der Waals surface area contributed by atoms with Gasteiger partial charge in [0.25, 0.3) is 5.91 Å². The number of Topliss-reactive ketones (excluding diaryl/α,β-unsaturated/α-hetero) is 1. The summed E-state index contributed by atoms with van der Waals surface area (Å²) in [7, 11) is 1.85. The summed E-state index contributed by atoms with van der Waals surface area (Å²) in [6.45, 7) is 2.28. The Morgan fingerprint density at radius 3 is 2.36 bits per heavy atom. The molecule has 11 nitrogen and oxygen atoms in total. The summed E-state index contributed by atoms with van der Waals surface area (Å²) in [5.74, 6) is -2.00. The number of amides is 1. The van der Waals surface area contributed by atoms with Crippen LogP contribution in [0, 0.1) is 5.92 Å². The van der Waals surface area contributed by atoms with E-state index in [-0.39, 0.29) is 34.6 Å². The highest BCUT2D eigenvalue weighted by molar-refractivity contribution is 6.68. The first-order chi connectivity index (χ1) is 18.7. The summed E-state index contributed by atoms with van der Waals surface area (Å²) in [5.41, 5.74) is 0.976. The van der Waals surface area contributed by atoms with E-state index in [1.54, 1.807) is 0 Å². The van der Waals surface area contributed by atoms with Gasteiger partial charge in [0.05, 0.1) is 25.3 Å². The van der Waals surface area contributed by atoms with E-state index in [2.05, 4.69) is 20.6 Å². The molecule has 206 valence electrons. The number of carbonyl (C=O) groups excluding carboxylic acids is 4. The molecule has 3 aliphatic heterocycles. The largest absolute Gasteiger partial charge is 0.600 e. The SMILES string of the molecule is CC(C)C[C@H](CC(=O)[C@H](Cc1ccccc1)NC(=O)c1cnccn1)[B-]12OC(=O)[C@H]3CNC[C@H](C(=O)O1)[N+]32C. The molecule has 0 unspecified atom stereocenters. The quantitative estimate of drug-likeness (QED) is 0.428. The summed E-state index contributed by atoms with van der Waals surface area (Å²) < 4.78 is 12.1. The van der Waals surface area contributed by atoms with Crippen LogP contribution in [0.4, 0.5) is 0 Å². The molecule has 0 saturated carbocycles. The number of benzene rings is 1. The molecule has 0 aliphatic carbocycles. The van der Waals surface area contributed by atoms with E-state index in [4.69, 9.17) is 9.31 Å². The number of nitrogens with one attached hydrogen (secondary N) is 2. The van der Waals surface area contributed by atoms with Crippen molar-refractivity contribution in [2.24, 2.45) is 5.92 Å². The van der Waals surface area contributed by atoms with Gasteiger partial charge in [-0.25, -0.2) is 14.6 Å². The third-order valence-corrected chi connectivity index (χ3v) is 8.51. The third-order valence-electron chi connectivity index (χ3n) is 8.51. The lowest BCUT2D eigenvalue weighted by Crippen LogP contribution is -2.74. The van der Waals surface area contributed by atoms with Gasteiger partial charge in [-0.15, -0.1) is 0 Å². The predicted octanol–water partition coefficient (Wildman–Crippen LogP) is 1.03. The average molecular weight is 535 g/mol. The number of aromatic nitrogens is 2. The molecule has 0 spiro atoms. The Balaban J connectivity index is 1.46. The van der Waals surface area contributed by atoms with Gasteiger partial charge in [-0.3, -0.25) is 14.6 Å². The highest BCUT2D eigenvalue weighted by Crippen LogP contribution is 2.51. The Morgan fingerprint density at radius 2 is 1.77 bits per heavy atom. The van der Waals surface area contributed by atoms with Gasteiger partial charge >= 0.3 is 18.6 Å². The molecule has 0 bridgehead atoms. The number of nitrogens with zero attached hydrogens (tertiary/aromatic N) is 3. The van der Waals surface area contributed by atoms with Gasteiger partial charge in [-0.1, -0.05) is 50.6 Å². The predicted molar refractivity (Wildman–Crippen MR) is 141 cm³/mol. The molecular weight excluding hydrogens is 501 g/mol. The van der Waals surface area contributed by atoms with Crippen LogP contribution in [0.5, 0.6) is 0 Å². The molecule has 3 saturated heterocycles. The van der Waals surface area contributed by atoms with Crippen LogP contribution in [-0.2, 0) is 30.1 Å². The number of hydrogen-bond donors (Lipinski definition) is 2. The molecule has 3 fully saturated rings. The molecule has 4 heterocycles. The van der Waals surface area contributed by atoms with Crippen LogP contribution in [0.15, 0.2) is 48.9 Å². The van der Waals surface area contributed by atoms with Crippen molar-refractivity contribution >= 4 is 30.3 Å². The average Bonchev–Trinajstić information content (AvgIpc) is 3.28. The molecule has 1 aromatic heterocycles. The van der Waals surface area contributed by atoms with Crippen LogP contribution >= 0.6 is 0 Å². The lowest BCUT2D eigenvalue weighted by Gasteiger charge is -2.52. The maximum Gasteiger partial charge on any atom is 0.587 e. The first kappa shape index (κ1) is 27.0. The molecule has 2 N–H and O–H groups in total. The molecule has 0 radical (unpaired) electrons. The maximum absolute atomic E-state index is 14.0. The Bertz CT molecular complexity index is 1230. The second-order valence-corrected chi connectivity index (χ2v) is 11.4. The highest BCUT2D eigenvalue weighted by atomic mass is 16.7. The van der Waals surface area contributed by atoms with Crippen molar-refractivity contribution in [2.45, 2.75) is 57.1 Å². The zero-order valence-electron chi connectivity index (χ0n) is 22.4. The van der Waals surface area contributed by atoms with Crippen molar-refractivity contribution in [1.82, 2.24) is 20.6 Å². The molecule has 2 aromatic rings. The van der Waals surface area contributed by atoms with Gasteiger partial charge in [-0.2, -0.15) is 0 Å². The molecule has 1 aromatic carbocycles. The smallest absolute Gasteiger partial charge is 0.587 e. The van der Waals surface area contributed by atoms with E-state index in [9.17, 15) is 19.2 Å². The highest BCUT2D eigenvalue weighted by Gasteiger charge is 2.76. The second kappa shape index (κ2) is 10.5. The van der Waals surface area contributed by atoms with E-state index in [0.717, 1.165) is 5.56 Å². The standard InChI is InChI=1S/C27H34BN5O6/c1-17(2)11-19(28-33(3)22(26(36)38-28)15-30-16-23(33)27(37)39-28)13-24(34)20(12-18-7-5-4-6-8-18)32-25(35)21-14-29-9-10-31-21/h4-10,14,17,19-20,22-23,30H,11-13,15-16H2,1-3H3,(H,32,35)/t19-,20+,22-,23-,28?,33?/m1/s1. The summed E-state index contributed by atoms with van der Waals surface area (Å²) in [6, 6.07) is 7.36. The fourth-order valence-corrected chi connectivity index (χ4v) is 6.63. The Kier molecular flexibility index (Phi) is 7.26. The summed E-state index contributed by atoms with van der Waals surface area (Å²) in [4.78, 5) is 61.2. The van der Waals surface area contributed by atoms with Crippen molar-refractivity contribution in [3.05, 3.63) is 60.2 Å². The lowest BCUT2D eigenvalue weighted by atomic mass is 9.51. The fourth-order valence-electron chi connectivity index (χ4n) is 6.63. The van der Waals surface area contributed by atoms with Gasteiger partial charge in [0.1, 0.15) is 5.69 Å². The van der Waals surface area contributed by atoms with Crippen LogP contribution in [-0.4, -0.2) is 82.9 Å². The normalized spacial score (nSPS) is 28.8. The molecule has 1 amide bonds. The van der Waals surface area contributed by atoms with E-state index in [0.29, 0.717) is 19.5 Å². The number of carbonyl (C=O) groups is 4. The number of rotatable bonds is 10. The summed E-state index contributed by atoms with van der Waals surface area (Å²) in [6.07, 6.45) is 4.96. The minimum atomic E-state index is -2.50. The molecule has 3 aliphatic rings. The molecule has 5 rings (SSSR count). The van der Waals surface area contributed by atoms with Gasteiger partial charge in [0.15, 0.2) is 17.9 Å². The zero-order valence-corrected chi connectivity index (χ0v) is 22.4. The number of hydrogen-bond acceptors (Lipinski definition) is 9. The van der Waals surface area contributed by atoms with Crippen molar-refractivity contribution in [3.63, 3.8) is 0 Å². The van der Waals surface area contributed by atoms with Crippen LogP contribution in [0.3, 0.4) is 0 Å². The summed E-state index contributed by atoms with van der Waals surface area (Å²) >= 11 is 0. The van der Waals surface area contributed by atoms with Crippen LogP contribution in [0.1, 0.15) is 42.7 Å². The fraction of sp³-hybridized carbons (Fsp3) is 0.481. The minimum Gasteiger partial charge on any atom is -0.600 e. The first-order valence-corrected chi connectivity index (χ1v) is 13.5. The summed E-state index contributed by atoms with van der Waals surface area (Å²) in [5, 5.41) is 6.00. The van der Waals surface area contributed by atoms with Gasteiger partial charge in [-0.05, 0) is 30.1 Å². The monoisotopic (exact) mass is 535 g/mol. The second-order valence-electron chi connectivity index (χ2n) is 11.4. The molecule has 39 heavy (non-hydrogen) atoms. The molecule has 12 heteroatoms. The topological polar surface area (TPSA) is 137 Å². The molecule has 4 atom stereocenters. The van der Waals surface area contributed by atoms with Crippen molar-refractivity contribution in [2.75, 3.05) is 20.1 Å². The van der Waals surface area contributed by atoms with Gasteiger partial charge < -0.3 is 24.3 Å². The lowest BCUT2D eigenvalue weighted by molar-refractivity contribution is -0.846. The first-order valence-electron chi connectivity index (χ1n) is 13.5. The number of quaternary nitrogens is 1. The van der Waals surface area contributed by atoms with E-state index in [1.165, 1.54) is 18.6 Å².